The first-order chi connectivity index (χ1) is 13.2. The highest BCUT2D eigenvalue weighted by Gasteiger charge is 2.38. The average molecular weight is 366 g/mol. The van der Waals surface area contributed by atoms with Crippen molar-refractivity contribution in [2.24, 2.45) is 0 Å². The van der Waals surface area contributed by atoms with Gasteiger partial charge >= 0.3 is 0 Å². The Balaban J connectivity index is 1.76. The lowest BCUT2D eigenvalue weighted by atomic mass is 10.2. The van der Waals surface area contributed by atoms with E-state index in [2.05, 4.69) is 31.9 Å². The Morgan fingerprint density at radius 2 is 2.04 bits per heavy atom. The highest BCUT2D eigenvalue weighted by Crippen LogP contribution is 2.36. The van der Waals surface area contributed by atoms with Crippen LogP contribution >= 0.6 is 0 Å². The molecule has 8 nitrogen and oxygen atoms in total. The molecule has 0 N–H and O–H groups in total. The SMILES string of the molecule is CCc1cc(N2CC(OC)CC2c2nc(C)no2)nc(-c2ccncc2)n1. The molecule has 4 heterocycles. The number of aromatic nitrogens is 5. The maximum Gasteiger partial charge on any atom is 0.249 e. The van der Waals surface area contributed by atoms with Gasteiger partial charge in [0.1, 0.15) is 11.9 Å². The van der Waals surface area contributed by atoms with Crippen molar-refractivity contribution in [2.45, 2.75) is 38.8 Å². The molecule has 1 aliphatic heterocycles. The fourth-order valence-electron chi connectivity index (χ4n) is 3.35. The fraction of sp³-hybridized carbons (Fsp3) is 0.421. The van der Waals surface area contributed by atoms with E-state index in [4.69, 9.17) is 14.2 Å². The molecule has 0 aliphatic carbocycles. The summed E-state index contributed by atoms with van der Waals surface area (Å²) < 4.78 is 11.1. The summed E-state index contributed by atoms with van der Waals surface area (Å²) in [5.74, 6) is 2.75. The number of hydrogen-bond acceptors (Lipinski definition) is 8. The molecule has 0 aromatic carbocycles. The van der Waals surface area contributed by atoms with Crippen molar-refractivity contribution in [3.8, 4) is 11.4 Å². The molecular formula is C19H22N6O2. The minimum atomic E-state index is -0.0685. The van der Waals surface area contributed by atoms with Gasteiger partial charge in [0.05, 0.1) is 6.10 Å². The predicted molar refractivity (Wildman–Crippen MR) is 99.2 cm³/mol. The van der Waals surface area contributed by atoms with Gasteiger partial charge < -0.3 is 14.2 Å². The lowest BCUT2D eigenvalue weighted by Crippen LogP contribution is -2.26. The van der Waals surface area contributed by atoms with Gasteiger partial charge in [0.15, 0.2) is 11.6 Å². The molecule has 0 radical (unpaired) electrons. The topological polar surface area (TPSA) is 90.1 Å². The van der Waals surface area contributed by atoms with Crippen molar-refractivity contribution in [2.75, 3.05) is 18.6 Å². The molecule has 0 bridgehead atoms. The largest absolute Gasteiger partial charge is 0.380 e. The predicted octanol–water partition coefficient (Wildman–Crippen LogP) is 2.76. The van der Waals surface area contributed by atoms with E-state index in [1.54, 1.807) is 19.5 Å². The zero-order valence-electron chi connectivity index (χ0n) is 15.7. The van der Waals surface area contributed by atoms with Crippen LogP contribution in [0, 0.1) is 6.92 Å². The molecule has 2 atom stereocenters. The molecule has 8 heteroatoms. The molecule has 1 fully saturated rings. The second-order valence-corrected chi connectivity index (χ2v) is 6.57. The number of rotatable bonds is 5. The number of aryl methyl sites for hydroxylation is 2. The third-order valence-electron chi connectivity index (χ3n) is 4.79. The summed E-state index contributed by atoms with van der Waals surface area (Å²) in [6, 6.07) is 5.79. The van der Waals surface area contributed by atoms with Gasteiger partial charge in [-0.25, -0.2) is 9.97 Å². The summed E-state index contributed by atoms with van der Waals surface area (Å²) in [6.45, 7) is 4.61. The van der Waals surface area contributed by atoms with Gasteiger partial charge in [-0.1, -0.05) is 12.1 Å². The fourth-order valence-corrected chi connectivity index (χ4v) is 3.35. The zero-order chi connectivity index (χ0) is 18.8. The molecule has 1 saturated heterocycles. The van der Waals surface area contributed by atoms with E-state index in [1.165, 1.54) is 0 Å². The van der Waals surface area contributed by atoms with Crippen molar-refractivity contribution in [1.29, 1.82) is 0 Å². The van der Waals surface area contributed by atoms with Gasteiger partial charge in [-0.3, -0.25) is 4.98 Å². The van der Waals surface area contributed by atoms with Crippen LogP contribution in [0.5, 0.6) is 0 Å². The molecule has 27 heavy (non-hydrogen) atoms. The monoisotopic (exact) mass is 366 g/mol. The van der Waals surface area contributed by atoms with E-state index in [0.29, 0.717) is 24.1 Å². The van der Waals surface area contributed by atoms with Crippen molar-refractivity contribution in [3.63, 3.8) is 0 Å². The van der Waals surface area contributed by atoms with Gasteiger partial charge in [0.25, 0.3) is 0 Å². The molecule has 140 valence electrons. The Morgan fingerprint density at radius 1 is 1.22 bits per heavy atom. The highest BCUT2D eigenvalue weighted by atomic mass is 16.5. The molecule has 1 aliphatic rings. The van der Waals surface area contributed by atoms with Crippen LogP contribution in [0.15, 0.2) is 35.1 Å². The number of methoxy groups -OCH3 is 1. The third kappa shape index (κ3) is 3.52. The first-order valence-corrected chi connectivity index (χ1v) is 9.06. The van der Waals surface area contributed by atoms with Crippen LogP contribution in [-0.2, 0) is 11.2 Å². The molecular weight excluding hydrogens is 344 g/mol. The van der Waals surface area contributed by atoms with E-state index in [0.717, 1.165) is 29.9 Å². The molecule has 0 saturated carbocycles. The maximum atomic E-state index is 5.61. The number of ether oxygens (including phenoxy) is 1. The van der Waals surface area contributed by atoms with Crippen LogP contribution in [-0.4, -0.2) is 44.9 Å². The second-order valence-electron chi connectivity index (χ2n) is 6.57. The standard InChI is InChI=1S/C19H22N6O2/c1-4-14-9-17(23-18(22-14)13-5-7-20-8-6-13)25-11-15(26-3)10-16(25)19-21-12(2)24-27-19/h5-9,15-16H,4,10-11H2,1-3H3. The molecule has 3 aromatic heterocycles. The van der Waals surface area contributed by atoms with Gasteiger partial charge in [-0.15, -0.1) is 0 Å². The summed E-state index contributed by atoms with van der Waals surface area (Å²) in [5.41, 5.74) is 1.92. The van der Waals surface area contributed by atoms with Gasteiger partial charge in [-0.2, -0.15) is 4.98 Å². The van der Waals surface area contributed by atoms with Crippen LogP contribution in [0.1, 0.15) is 36.8 Å². The van der Waals surface area contributed by atoms with E-state index >= 15 is 0 Å². The molecule has 3 aromatic rings. The molecule has 4 rings (SSSR count). The smallest absolute Gasteiger partial charge is 0.249 e. The minimum absolute atomic E-state index is 0.0685. The normalized spacial score (nSPS) is 19.6. The lowest BCUT2D eigenvalue weighted by Gasteiger charge is -2.23. The first-order valence-electron chi connectivity index (χ1n) is 9.06. The summed E-state index contributed by atoms with van der Waals surface area (Å²) in [5, 5.41) is 3.95. The number of nitrogens with zero attached hydrogens (tertiary/aromatic N) is 6. The Hall–Kier alpha value is -2.87. The minimum Gasteiger partial charge on any atom is -0.380 e. The van der Waals surface area contributed by atoms with Crippen LogP contribution in [0.4, 0.5) is 5.82 Å². The van der Waals surface area contributed by atoms with Crippen molar-refractivity contribution in [3.05, 3.63) is 48.0 Å². The number of hydrogen-bond donors (Lipinski definition) is 0. The first kappa shape index (κ1) is 17.5. The van der Waals surface area contributed by atoms with Crippen LogP contribution in [0.25, 0.3) is 11.4 Å². The van der Waals surface area contributed by atoms with E-state index in [9.17, 15) is 0 Å². The van der Waals surface area contributed by atoms with Crippen LogP contribution < -0.4 is 4.90 Å². The molecule has 0 amide bonds. The maximum absolute atomic E-state index is 5.61. The number of pyridine rings is 1. The molecule has 2 unspecified atom stereocenters. The van der Waals surface area contributed by atoms with Gasteiger partial charge in [0, 0.05) is 49.8 Å². The Morgan fingerprint density at radius 3 is 2.70 bits per heavy atom. The van der Waals surface area contributed by atoms with Gasteiger partial charge in [-0.05, 0) is 25.5 Å². The lowest BCUT2D eigenvalue weighted by molar-refractivity contribution is 0.117. The van der Waals surface area contributed by atoms with Crippen LogP contribution in [0.3, 0.4) is 0 Å². The average Bonchev–Trinajstić information content (AvgIpc) is 3.34. The van der Waals surface area contributed by atoms with E-state index in [1.807, 2.05) is 25.1 Å². The highest BCUT2D eigenvalue weighted by molar-refractivity contribution is 5.58. The Labute approximate surface area is 157 Å². The summed E-state index contributed by atoms with van der Waals surface area (Å²) >= 11 is 0. The van der Waals surface area contributed by atoms with Crippen molar-refractivity contribution in [1.82, 2.24) is 25.1 Å². The summed E-state index contributed by atoms with van der Waals surface area (Å²) in [7, 11) is 1.73. The Kier molecular flexibility index (Phi) is 4.81. The van der Waals surface area contributed by atoms with E-state index in [-0.39, 0.29) is 12.1 Å². The van der Waals surface area contributed by atoms with Crippen molar-refractivity contribution >= 4 is 5.82 Å². The Bertz CT molecular complexity index is 914. The third-order valence-corrected chi connectivity index (χ3v) is 4.79. The summed E-state index contributed by atoms with van der Waals surface area (Å²) in [6.07, 6.45) is 5.16. The zero-order valence-corrected chi connectivity index (χ0v) is 15.7. The number of anilines is 1. The quantitative estimate of drug-likeness (QED) is 0.681. The molecule has 0 spiro atoms. The second kappa shape index (κ2) is 7.40. The van der Waals surface area contributed by atoms with E-state index < -0.39 is 0 Å². The van der Waals surface area contributed by atoms with Crippen LogP contribution in [0.2, 0.25) is 0 Å². The van der Waals surface area contributed by atoms with Crippen molar-refractivity contribution < 1.29 is 9.26 Å². The van der Waals surface area contributed by atoms with Gasteiger partial charge in [0.2, 0.25) is 5.89 Å². The summed E-state index contributed by atoms with van der Waals surface area (Å²) in [4.78, 5) is 20.2.